The van der Waals surface area contributed by atoms with Gasteiger partial charge in [0.1, 0.15) is 12.4 Å². The summed E-state index contributed by atoms with van der Waals surface area (Å²) in [6.07, 6.45) is 1.72. The Morgan fingerprint density at radius 1 is 1.06 bits per heavy atom. The van der Waals surface area contributed by atoms with Crippen LogP contribution < -0.4 is 4.74 Å². The molecule has 0 aliphatic heterocycles. The molecule has 1 N–H and O–H groups in total. The molecule has 4 rings (SSSR count). The smallest absolute Gasteiger partial charge is 0.337 e. The van der Waals surface area contributed by atoms with Gasteiger partial charge in [-0.25, -0.2) is 9.89 Å². The highest BCUT2D eigenvalue weighted by Crippen LogP contribution is 2.17. The normalized spacial score (nSPS) is 10.9. The Labute approximate surface area is 190 Å². The van der Waals surface area contributed by atoms with Crippen LogP contribution in [0.3, 0.4) is 0 Å². The Morgan fingerprint density at radius 2 is 1.78 bits per heavy atom. The Balaban J connectivity index is 1.41. The molecule has 0 amide bonds. The van der Waals surface area contributed by atoms with Crippen LogP contribution in [0, 0.1) is 4.77 Å². The first-order chi connectivity index (χ1) is 15.6. The van der Waals surface area contributed by atoms with Crippen molar-refractivity contribution >= 4 is 24.4 Å². The molecule has 1 aromatic heterocycles. The van der Waals surface area contributed by atoms with Gasteiger partial charge < -0.3 is 9.47 Å². The summed E-state index contributed by atoms with van der Waals surface area (Å²) in [4.78, 5) is 11.5. The average molecular weight is 445 g/mol. The van der Waals surface area contributed by atoms with Gasteiger partial charge in [-0.3, -0.25) is 0 Å². The summed E-state index contributed by atoms with van der Waals surface area (Å²) >= 11 is 5.30. The zero-order chi connectivity index (χ0) is 22.3. The first-order valence-electron chi connectivity index (χ1n) is 9.81. The van der Waals surface area contributed by atoms with E-state index in [4.69, 9.17) is 21.7 Å². The van der Waals surface area contributed by atoms with E-state index in [1.807, 2.05) is 66.7 Å². The Morgan fingerprint density at radius 3 is 2.47 bits per heavy atom. The molecule has 0 saturated heterocycles. The number of carbonyl (C=O) groups is 1. The third-order valence-corrected chi connectivity index (χ3v) is 4.93. The van der Waals surface area contributed by atoms with Crippen molar-refractivity contribution in [2.45, 2.75) is 6.61 Å². The zero-order valence-corrected chi connectivity index (χ0v) is 18.1. The highest BCUT2D eigenvalue weighted by molar-refractivity contribution is 7.71. The molecule has 0 fully saturated rings. The number of aromatic nitrogens is 3. The minimum Gasteiger partial charge on any atom is -0.489 e. The molecule has 4 aromatic rings. The lowest BCUT2D eigenvalue weighted by Crippen LogP contribution is -2.02. The van der Waals surface area contributed by atoms with E-state index in [-0.39, 0.29) is 5.97 Å². The number of hydrogen-bond donors (Lipinski definition) is 1. The van der Waals surface area contributed by atoms with Crippen molar-refractivity contribution < 1.29 is 14.3 Å². The van der Waals surface area contributed by atoms with E-state index in [9.17, 15) is 4.79 Å². The van der Waals surface area contributed by atoms with E-state index >= 15 is 0 Å². The molecule has 1 heterocycles. The van der Waals surface area contributed by atoms with Crippen molar-refractivity contribution in [1.29, 1.82) is 0 Å². The van der Waals surface area contributed by atoms with Crippen LogP contribution in [-0.2, 0) is 11.3 Å². The summed E-state index contributed by atoms with van der Waals surface area (Å²) < 4.78 is 12.5. The third kappa shape index (κ3) is 4.98. The molecule has 0 unspecified atom stereocenters. The van der Waals surface area contributed by atoms with Crippen molar-refractivity contribution in [2.24, 2.45) is 5.10 Å². The van der Waals surface area contributed by atoms with Crippen LogP contribution >= 0.6 is 12.2 Å². The molecule has 0 aliphatic carbocycles. The summed E-state index contributed by atoms with van der Waals surface area (Å²) in [5.74, 6) is 1.01. The quantitative estimate of drug-likeness (QED) is 0.250. The Kier molecular flexibility index (Phi) is 6.52. The molecule has 32 heavy (non-hydrogen) atoms. The van der Waals surface area contributed by atoms with Crippen molar-refractivity contribution in [1.82, 2.24) is 14.9 Å². The Hall–Kier alpha value is -4.04. The topological polar surface area (TPSA) is 81.5 Å². The Bertz CT molecular complexity index is 1280. The highest BCUT2D eigenvalue weighted by atomic mass is 32.1. The number of hydrogen-bond acceptors (Lipinski definition) is 6. The second-order valence-corrected chi connectivity index (χ2v) is 7.21. The molecule has 160 valence electrons. The van der Waals surface area contributed by atoms with E-state index < -0.39 is 0 Å². The van der Waals surface area contributed by atoms with Crippen LogP contribution in [0.4, 0.5) is 0 Å². The van der Waals surface area contributed by atoms with Gasteiger partial charge >= 0.3 is 5.97 Å². The maximum absolute atomic E-state index is 11.5. The van der Waals surface area contributed by atoms with Gasteiger partial charge in [-0.2, -0.15) is 14.9 Å². The second kappa shape index (κ2) is 9.84. The van der Waals surface area contributed by atoms with E-state index in [0.29, 0.717) is 22.8 Å². The van der Waals surface area contributed by atoms with Gasteiger partial charge in [0.15, 0.2) is 5.82 Å². The summed E-state index contributed by atoms with van der Waals surface area (Å²) in [5.41, 5.74) is 3.27. The lowest BCUT2D eigenvalue weighted by atomic mass is 10.1. The molecular weight excluding hydrogens is 424 g/mol. The standard InChI is InChI=1S/C24H20N4O3S/c1-30-23(29)20-11-7-18(8-12-20)16-31-21-13-9-17(10-14-21)15-25-28-22(26-27-24(28)32)19-5-3-2-4-6-19/h2-15H,16H2,1H3,(H,27,32)/b25-15+. The molecule has 8 heteroatoms. The van der Waals surface area contributed by atoms with Crippen LogP contribution in [0.25, 0.3) is 11.4 Å². The molecule has 0 spiro atoms. The predicted molar refractivity (Wildman–Crippen MR) is 124 cm³/mol. The minimum atomic E-state index is -0.359. The maximum atomic E-state index is 11.5. The predicted octanol–water partition coefficient (Wildman–Crippen LogP) is 4.86. The number of H-pyrrole nitrogens is 1. The second-order valence-electron chi connectivity index (χ2n) is 6.82. The minimum absolute atomic E-state index is 0.359. The molecule has 3 aromatic carbocycles. The number of carbonyl (C=O) groups excluding carboxylic acids is 1. The van der Waals surface area contributed by atoms with Crippen LogP contribution in [0.5, 0.6) is 5.75 Å². The average Bonchev–Trinajstić information content (AvgIpc) is 3.22. The van der Waals surface area contributed by atoms with Gasteiger partial charge in [0, 0.05) is 5.56 Å². The number of methoxy groups -OCH3 is 1. The third-order valence-electron chi connectivity index (χ3n) is 4.67. The summed E-state index contributed by atoms with van der Waals surface area (Å²) in [7, 11) is 1.36. The van der Waals surface area contributed by atoms with Crippen LogP contribution in [0.2, 0.25) is 0 Å². The highest BCUT2D eigenvalue weighted by Gasteiger charge is 2.07. The number of aromatic amines is 1. The largest absolute Gasteiger partial charge is 0.489 e. The van der Waals surface area contributed by atoms with Crippen LogP contribution in [0.1, 0.15) is 21.5 Å². The zero-order valence-electron chi connectivity index (χ0n) is 17.3. The molecule has 0 atom stereocenters. The molecule has 0 radical (unpaired) electrons. The first-order valence-corrected chi connectivity index (χ1v) is 10.2. The van der Waals surface area contributed by atoms with Crippen molar-refractivity contribution in [2.75, 3.05) is 7.11 Å². The van der Waals surface area contributed by atoms with Gasteiger partial charge in [0.05, 0.1) is 18.9 Å². The molecule has 7 nitrogen and oxygen atoms in total. The van der Waals surface area contributed by atoms with E-state index in [1.165, 1.54) is 7.11 Å². The van der Waals surface area contributed by atoms with Crippen LogP contribution in [-0.4, -0.2) is 34.2 Å². The molecular formula is C24H20N4O3S. The van der Waals surface area contributed by atoms with Gasteiger partial charge in [-0.1, -0.05) is 42.5 Å². The van der Waals surface area contributed by atoms with Crippen molar-refractivity contribution in [3.05, 3.63) is 100 Å². The van der Waals surface area contributed by atoms with E-state index in [1.54, 1.807) is 23.0 Å². The van der Waals surface area contributed by atoms with E-state index in [2.05, 4.69) is 15.3 Å². The number of benzene rings is 3. The molecule has 0 bridgehead atoms. The van der Waals surface area contributed by atoms with Gasteiger partial charge in [-0.05, 0) is 59.7 Å². The van der Waals surface area contributed by atoms with Crippen molar-refractivity contribution in [3.8, 4) is 17.1 Å². The SMILES string of the molecule is COC(=O)c1ccc(COc2ccc(/C=N/n3c(-c4ccccc4)n[nH]c3=S)cc2)cc1. The van der Waals surface area contributed by atoms with Crippen molar-refractivity contribution in [3.63, 3.8) is 0 Å². The monoisotopic (exact) mass is 444 g/mol. The van der Waals surface area contributed by atoms with Gasteiger partial charge in [0.2, 0.25) is 4.77 Å². The number of ether oxygens (including phenoxy) is 2. The molecule has 0 saturated carbocycles. The fraction of sp³-hybridized carbons (Fsp3) is 0.0833. The van der Waals surface area contributed by atoms with Crippen LogP contribution in [0.15, 0.2) is 84.0 Å². The summed E-state index contributed by atoms with van der Waals surface area (Å²) in [5, 5.41) is 11.5. The summed E-state index contributed by atoms with van der Waals surface area (Å²) in [6, 6.07) is 24.4. The van der Waals surface area contributed by atoms with E-state index in [0.717, 1.165) is 22.4 Å². The fourth-order valence-corrected chi connectivity index (χ4v) is 3.15. The first kappa shape index (κ1) is 21.2. The van der Waals surface area contributed by atoms with Gasteiger partial charge in [0.25, 0.3) is 0 Å². The summed E-state index contributed by atoms with van der Waals surface area (Å²) in [6.45, 7) is 0.388. The number of esters is 1. The lowest BCUT2D eigenvalue weighted by Gasteiger charge is -2.07. The van der Waals surface area contributed by atoms with Gasteiger partial charge in [-0.15, -0.1) is 0 Å². The maximum Gasteiger partial charge on any atom is 0.337 e. The molecule has 0 aliphatic rings. The lowest BCUT2D eigenvalue weighted by molar-refractivity contribution is 0.0600. The fourth-order valence-electron chi connectivity index (χ4n) is 2.97. The number of nitrogens with one attached hydrogen (secondary N) is 1. The number of rotatable bonds is 7. The number of nitrogens with zero attached hydrogens (tertiary/aromatic N) is 3.